The summed E-state index contributed by atoms with van der Waals surface area (Å²) in [6.07, 6.45) is 16.4. The van der Waals surface area contributed by atoms with E-state index >= 15 is 0 Å². The summed E-state index contributed by atoms with van der Waals surface area (Å²) in [5.74, 6) is -1.38. The van der Waals surface area contributed by atoms with E-state index in [4.69, 9.17) is 21.1 Å². The van der Waals surface area contributed by atoms with Crippen molar-refractivity contribution in [3.8, 4) is 0 Å². The standard InChI is InChI=1S/C20H33ClO4/c1-2-3-4-11-14-17-15-12-9-7-5-6-8-10-13-16-24-19(22)18(21)20(23)25-17/h9,12,17-18H,2-8,10-11,13-16H2,1H3/b12-9+. The molecule has 0 spiro atoms. The Balaban J connectivity index is 2.60. The monoisotopic (exact) mass is 372 g/mol. The predicted octanol–water partition coefficient (Wildman–Crippen LogP) is 5.32. The Morgan fingerprint density at radius 3 is 2.56 bits per heavy atom. The van der Waals surface area contributed by atoms with Gasteiger partial charge in [0, 0.05) is 6.42 Å². The lowest BCUT2D eigenvalue weighted by atomic mass is 10.1. The number of rotatable bonds is 5. The van der Waals surface area contributed by atoms with Crippen molar-refractivity contribution in [3.05, 3.63) is 12.2 Å². The molecule has 0 bridgehead atoms. The third-order valence-corrected chi connectivity index (χ3v) is 4.76. The molecule has 0 saturated heterocycles. The van der Waals surface area contributed by atoms with Gasteiger partial charge in [-0.2, -0.15) is 0 Å². The van der Waals surface area contributed by atoms with Crippen LogP contribution in [0, 0.1) is 0 Å². The van der Waals surface area contributed by atoms with Crippen LogP contribution in [0.15, 0.2) is 12.2 Å². The van der Waals surface area contributed by atoms with Gasteiger partial charge in [0.05, 0.1) is 6.61 Å². The average molecular weight is 373 g/mol. The quantitative estimate of drug-likeness (QED) is 0.215. The molecule has 0 N–H and O–H groups in total. The van der Waals surface area contributed by atoms with Gasteiger partial charge < -0.3 is 9.47 Å². The van der Waals surface area contributed by atoms with Gasteiger partial charge in [-0.15, -0.1) is 0 Å². The fourth-order valence-corrected chi connectivity index (χ4v) is 2.96. The fourth-order valence-electron chi connectivity index (χ4n) is 2.85. The van der Waals surface area contributed by atoms with E-state index in [0.29, 0.717) is 13.0 Å². The number of unbranched alkanes of at least 4 members (excludes halogenated alkanes) is 3. The van der Waals surface area contributed by atoms with Crippen LogP contribution in [0.2, 0.25) is 0 Å². The molecule has 5 heteroatoms. The largest absolute Gasteiger partial charge is 0.464 e. The second kappa shape index (κ2) is 14.2. The molecule has 144 valence electrons. The van der Waals surface area contributed by atoms with Gasteiger partial charge in [-0.25, -0.2) is 9.59 Å². The third kappa shape index (κ3) is 10.5. The minimum Gasteiger partial charge on any atom is -0.464 e. The van der Waals surface area contributed by atoms with E-state index in [1.165, 1.54) is 25.7 Å². The number of hydrogen-bond acceptors (Lipinski definition) is 4. The number of hydrogen-bond donors (Lipinski definition) is 0. The highest BCUT2D eigenvalue weighted by molar-refractivity contribution is 6.39. The molecule has 4 nitrogen and oxygen atoms in total. The Bertz CT molecular complexity index is 409. The van der Waals surface area contributed by atoms with Crippen molar-refractivity contribution in [2.45, 2.75) is 95.5 Å². The number of cyclic esters (lactones) is 2. The molecule has 0 radical (unpaired) electrons. The summed E-state index contributed by atoms with van der Waals surface area (Å²) in [4.78, 5) is 24.0. The summed E-state index contributed by atoms with van der Waals surface area (Å²) in [5, 5.41) is -1.37. The zero-order chi connectivity index (χ0) is 18.3. The number of allylic oxidation sites excluding steroid dienone is 1. The minimum absolute atomic E-state index is 0.220. The van der Waals surface area contributed by atoms with E-state index < -0.39 is 17.3 Å². The molecule has 0 amide bonds. The fraction of sp³-hybridized carbons (Fsp3) is 0.800. The first kappa shape index (κ1) is 22.0. The van der Waals surface area contributed by atoms with Gasteiger partial charge in [-0.1, -0.05) is 69.2 Å². The summed E-state index contributed by atoms with van der Waals surface area (Å²) in [6, 6.07) is 0. The lowest BCUT2D eigenvalue weighted by Crippen LogP contribution is -2.32. The van der Waals surface area contributed by atoms with Crippen LogP contribution in [0.1, 0.15) is 84.0 Å². The Hall–Kier alpha value is -1.03. The zero-order valence-electron chi connectivity index (χ0n) is 15.5. The highest BCUT2D eigenvalue weighted by Gasteiger charge is 2.29. The Kier molecular flexibility index (Phi) is 12.5. The van der Waals surface area contributed by atoms with Crippen molar-refractivity contribution >= 4 is 23.5 Å². The lowest BCUT2D eigenvalue weighted by molar-refractivity contribution is -0.157. The van der Waals surface area contributed by atoms with E-state index in [1.807, 2.05) is 0 Å². The van der Waals surface area contributed by atoms with Crippen molar-refractivity contribution in [1.29, 1.82) is 0 Å². The molecule has 0 aromatic rings. The van der Waals surface area contributed by atoms with Crippen LogP contribution >= 0.6 is 11.6 Å². The minimum atomic E-state index is -1.37. The smallest absolute Gasteiger partial charge is 0.335 e. The van der Waals surface area contributed by atoms with Gasteiger partial charge in [-0.05, 0) is 32.1 Å². The van der Waals surface area contributed by atoms with Crippen LogP contribution in [-0.2, 0) is 19.1 Å². The summed E-state index contributed by atoms with van der Waals surface area (Å²) < 4.78 is 10.6. The number of carbonyl (C=O) groups is 2. The lowest BCUT2D eigenvalue weighted by Gasteiger charge is -2.18. The van der Waals surface area contributed by atoms with Crippen molar-refractivity contribution in [1.82, 2.24) is 0 Å². The predicted molar refractivity (Wildman–Crippen MR) is 101 cm³/mol. The molecular weight excluding hydrogens is 340 g/mol. The molecule has 1 aliphatic heterocycles. The molecule has 2 unspecified atom stereocenters. The van der Waals surface area contributed by atoms with Gasteiger partial charge in [0.15, 0.2) is 0 Å². The molecular formula is C20H33ClO4. The summed E-state index contributed by atoms with van der Waals surface area (Å²) in [7, 11) is 0. The van der Waals surface area contributed by atoms with Crippen LogP contribution in [-0.4, -0.2) is 30.0 Å². The molecule has 2 atom stereocenters. The molecule has 0 saturated carbocycles. The Morgan fingerprint density at radius 2 is 1.76 bits per heavy atom. The van der Waals surface area contributed by atoms with Gasteiger partial charge in [-0.3, -0.25) is 0 Å². The van der Waals surface area contributed by atoms with Crippen molar-refractivity contribution in [2.24, 2.45) is 0 Å². The maximum atomic E-state index is 12.1. The number of esters is 2. The number of alkyl halides is 1. The van der Waals surface area contributed by atoms with Crippen LogP contribution in [0.25, 0.3) is 0 Å². The Morgan fingerprint density at radius 1 is 1.00 bits per heavy atom. The van der Waals surface area contributed by atoms with Crippen molar-refractivity contribution in [2.75, 3.05) is 6.61 Å². The number of carbonyl (C=O) groups excluding carboxylic acids is 2. The summed E-state index contributed by atoms with van der Waals surface area (Å²) in [6.45, 7) is 2.48. The summed E-state index contributed by atoms with van der Waals surface area (Å²) >= 11 is 5.93. The maximum Gasteiger partial charge on any atom is 0.335 e. The molecule has 1 rings (SSSR count). The van der Waals surface area contributed by atoms with E-state index in [-0.39, 0.29) is 6.10 Å². The van der Waals surface area contributed by atoms with Crippen LogP contribution in [0.4, 0.5) is 0 Å². The Labute approximate surface area is 157 Å². The second-order valence-electron chi connectivity index (χ2n) is 6.70. The topological polar surface area (TPSA) is 52.6 Å². The molecule has 1 aliphatic rings. The molecule has 0 fully saturated rings. The van der Waals surface area contributed by atoms with E-state index in [2.05, 4.69) is 19.1 Å². The number of halogens is 1. The van der Waals surface area contributed by atoms with Crippen molar-refractivity contribution < 1.29 is 19.1 Å². The number of ether oxygens (including phenoxy) is 2. The summed E-state index contributed by atoms with van der Waals surface area (Å²) in [5.41, 5.74) is 0. The first-order valence-corrected chi connectivity index (χ1v) is 10.2. The van der Waals surface area contributed by atoms with Gasteiger partial charge in [0.25, 0.3) is 0 Å². The van der Waals surface area contributed by atoms with E-state index in [9.17, 15) is 9.59 Å². The highest BCUT2D eigenvalue weighted by Crippen LogP contribution is 2.16. The van der Waals surface area contributed by atoms with Gasteiger partial charge in [0.2, 0.25) is 5.38 Å². The zero-order valence-corrected chi connectivity index (χ0v) is 16.3. The average Bonchev–Trinajstić information content (AvgIpc) is 2.61. The molecule has 0 aromatic heterocycles. The van der Waals surface area contributed by atoms with Gasteiger partial charge in [0.1, 0.15) is 6.10 Å². The first-order valence-electron chi connectivity index (χ1n) is 9.81. The van der Waals surface area contributed by atoms with E-state index in [0.717, 1.165) is 44.9 Å². The van der Waals surface area contributed by atoms with Gasteiger partial charge >= 0.3 is 11.9 Å². The SMILES string of the molecule is CCCCCCC1C/C=C/CCCCCCCOC(=O)C(Cl)C(=O)O1. The van der Waals surface area contributed by atoms with Crippen LogP contribution in [0.3, 0.4) is 0 Å². The molecule has 1 heterocycles. The molecule has 0 aromatic carbocycles. The molecule has 25 heavy (non-hydrogen) atoms. The second-order valence-corrected chi connectivity index (χ2v) is 7.14. The normalized spacial score (nSPS) is 25.8. The van der Waals surface area contributed by atoms with E-state index in [1.54, 1.807) is 0 Å². The maximum absolute atomic E-state index is 12.1. The molecule has 0 aliphatic carbocycles. The first-order chi connectivity index (χ1) is 12.1. The highest BCUT2D eigenvalue weighted by atomic mass is 35.5. The van der Waals surface area contributed by atoms with Crippen LogP contribution < -0.4 is 0 Å². The van der Waals surface area contributed by atoms with Crippen molar-refractivity contribution in [3.63, 3.8) is 0 Å². The van der Waals surface area contributed by atoms with Crippen LogP contribution in [0.5, 0.6) is 0 Å². The third-order valence-electron chi connectivity index (χ3n) is 4.40.